The van der Waals surface area contributed by atoms with Crippen molar-refractivity contribution in [1.82, 2.24) is 5.32 Å². The van der Waals surface area contributed by atoms with Gasteiger partial charge in [-0.2, -0.15) is 0 Å². The molecule has 10 nitrogen and oxygen atoms in total. The van der Waals surface area contributed by atoms with E-state index in [2.05, 4.69) is 12.2 Å². The summed E-state index contributed by atoms with van der Waals surface area (Å²) < 4.78 is 0. The normalized spacial score (nSPS) is 28.8. The second-order valence-electron chi connectivity index (χ2n) is 14.8. The number of amides is 1. The lowest BCUT2D eigenvalue weighted by molar-refractivity contribution is -0.353. The summed E-state index contributed by atoms with van der Waals surface area (Å²) in [5.74, 6) is 1.57. The van der Waals surface area contributed by atoms with Crippen molar-refractivity contribution in [2.24, 2.45) is 23.2 Å². The maximum absolute atomic E-state index is 13.8. The fourth-order valence-electron chi connectivity index (χ4n) is 8.47. The molecule has 4 saturated carbocycles. The van der Waals surface area contributed by atoms with Gasteiger partial charge in [-0.3, -0.25) is 4.79 Å². The SMILES string of the molecule is CCCCCCCCCCCCCCC(O)C(O)C(COOC(CO)C(O)C(O)C(C)O)NC(=O)C12CC3CC(CC(C3)C1)C2. The van der Waals surface area contributed by atoms with Gasteiger partial charge >= 0.3 is 0 Å². The van der Waals surface area contributed by atoms with Crippen molar-refractivity contribution in [2.75, 3.05) is 13.2 Å². The molecule has 0 spiro atoms. The summed E-state index contributed by atoms with van der Waals surface area (Å²) in [4.78, 5) is 24.3. The topological polar surface area (TPSA) is 169 Å². The molecule has 0 heterocycles. The Morgan fingerprint density at radius 3 is 1.71 bits per heavy atom. The zero-order valence-electron chi connectivity index (χ0n) is 28.0. The van der Waals surface area contributed by atoms with E-state index in [9.17, 15) is 35.4 Å². The third kappa shape index (κ3) is 12.0. The van der Waals surface area contributed by atoms with Gasteiger partial charge in [-0.15, -0.1) is 0 Å². The molecule has 7 atom stereocenters. The largest absolute Gasteiger partial charge is 0.393 e. The van der Waals surface area contributed by atoms with Crippen LogP contribution in [-0.2, 0) is 14.6 Å². The van der Waals surface area contributed by atoms with Crippen LogP contribution in [0.2, 0.25) is 0 Å². The maximum Gasteiger partial charge on any atom is 0.226 e. The molecular weight excluding hydrogens is 578 g/mol. The second kappa shape index (κ2) is 19.8. The summed E-state index contributed by atoms with van der Waals surface area (Å²) in [7, 11) is 0. The number of carbonyl (C=O) groups excluding carboxylic acids is 1. The minimum absolute atomic E-state index is 0.116. The molecule has 4 aliphatic rings. The number of hydrogen-bond donors (Lipinski definition) is 7. The van der Waals surface area contributed by atoms with E-state index in [-0.39, 0.29) is 12.5 Å². The third-order valence-electron chi connectivity index (χ3n) is 10.8. The highest BCUT2D eigenvalue weighted by Crippen LogP contribution is 2.60. The van der Waals surface area contributed by atoms with Crippen LogP contribution in [0.3, 0.4) is 0 Å². The molecule has 45 heavy (non-hydrogen) atoms. The predicted molar refractivity (Wildman–Crippen MR) is 172 cm³/mol. The number of carbonyl (C=O) groups is 1. The number of aliphatic hydroxyl groups is 6. The van der Waals surface area contributed by atoms with Crippen molar-refractivity contribution in [3.8, 4) is 0 Å². The number of unbranched alkanes of at least 4 members (excludes halogenated alkanes) is 11. The van der Waals surface area contributed by atoms with Gasteiger partial charge in [0.05, 0.1) is 24.9 Å². The predicted octanol–water partition coefficient (Wildman–Crippen LogP) is 3.91. The Bertz CT molecular complexity index is 792. The first-order valence-electron chi connectivity index (χ1n) is 18.2. The first kappa shape index (κ1) is 38.6. The van der Waals surface area contributed by atoms with Crippen LogP contribution < -0.4 is 5.32 Å². The van der Waals surface area contributed by atoms with E-state index in [4.69, 9.17) is 9.78 Å². The Balaban J connectivity index is 1.48. The zero-order chi connectivity index (χ0) is 32.8. The Labute approximate surface area is 271 Å². The maximum atomic E-state index is 13.8. The minimum Gasteiger partial charge on any atom is -0.393 e. The monoisotopic (exact) mass is 643 g/mol. The van der Waals surface area contributed by atoms with E-state index in [1.54, 1.807) is 0 Å². The van der Waals surface area contributed by atoms with Gasteiger partial charge in [0.2, 0.25) is 5.91 Å². The lowest BCUT2D eigenvalue weighted by atomic mass is 9.49. The van der Waals surface area contributed by atoms with Crippen LogP contribution in [0.4, 0.5) is 0 Å². The first-order valence-corrected chi connectivity index (χ1v) is 18.2. The Kier molecular flexibility index (Phi) is 17.0. The molecule has 264 valence electrons. The van der Waals surface area contributed by atoms with Crippen molar-refractivity contribution in [3.63, 3.8) is 0 Å². The van der Waals surface area contributed by atoms with Crippen molar-refractivity contribution < 1.29 is 45.2 Å². The van der Waals surface area contributed by atoms with Crippen molar-refractivity contribution in [3.05, 3.63) is 0 Å². The van der Waals surface area contributed by atoms with Gasteiger partial charge in [0.25, 0.3) is 0 Å². The molecule has 7 unspecified atom stereocenters. The van der Waals surface area contributed by atoms with E-state index < -0.39 is 54.7 Å². The number of aliphatic hydroxyl groups excluding tert-OH is 6. The van der Waals surface area contributed by atoms with E-state index in [1.165, 1.54) is 84.0 Å². The molecule has 0 aromatic heterocycles. The minimum atomic E-state index is -1.63. The molecule has 4 rings (SSSR count). The molecule has 7 N–H and O–H groups in total. The zero-order valence-corrected chi connectivity index (χ0v) is 28.0. The smallest absolute Gasteiger partial charge is 0.226 e. The lowest BCUT2D eigenvalue weighted by Crippen LogP contribution is -2.59. The summed E-state index contributed by atoms with van der Waals surface area (Å²) in [6.45, 7) is 2.51. The third-order valence-corrected chi connectivity index (χ3v) is 10.8. The van der Waals surface area contributed by atoms with Gasteiger partial charge in [-0.25, -0.2) is 9.78 Å². The Morgan fingerprint density at radius 2 is 1.24 bits per heavy atom. The van der Waals surface area contributed by atoms with Crippen LogP contribution >= 0.6 is 0 Å². The molecule has 0 aliphatic heterocycles. The van der Waals surface area contributed by atoms with E-state index in [1.807, 2.05) is 0 Å². The molecule has 10 heteroatoms. The standard InChI is InChI=1S/C35H65NO9/c1-3-4-5-6-7-8-9-10-11-12-13-14-15-29(39)32(41)28(23-44-45-30(22-37)33(42)31(40)24(2)38)36-34(43)35-19-25-16-26(20-35)18-27(17-25)21-35/h24-33,37-42H,3-23H2,1-2H3,(H,36,43). The van der Waals surface area contributed by atoms with Crippen molar-refractivity contribution in [2.45, 2.75) is 179 Å². The van der Waals surface area contributed by atoms with Gasteiger partial charge < -0.3 is 36.0 Å². The van der Waals surface area contributed by atoms with Gasteiger partial charge in [0.15, 0.2) is 0 Å². The summed E-state index contributed by atoms with van der Waals surface area (Å²) in [6, 6.07) is -0.976. The Morgan fingerprint density at radius 1 is 0.756 bits per heavy atom. The number of hydrogen-bond acceptors (Lipinski definition) is 9. The van der Waals surface area contributed by atoms with Crippen molar-refractivity contribution in [1.29, 1.82) is 0 Å². The van der Waals surface area contributed by atoms with Gasteiger partial charge in [0.1, 0.15) is 31.0 Å². The highest BCUT2D eigenvalue weighted by Gasteiger charge is 2.55. The summed E-state index contributed by atoms with van der Waals surface area (Å²) in [6.07, 6.45) is 12.7. The van der Waals surface area contributed by atoms with Crippen molar-refractivity contribution >= 4 is 5.91 Å². The fourth-order valence-corrected chi connectivity index (χ4v) is 8.47. The van der Waals surface area contributed by atoms with Crippen LogP contribution in [0.1, 0.15) is 136 Å². The molecule has 4 fully saturated rings. The quantitative estimate of drug-likeness (QED) is 0.0443. The molecule has 4 aliphatic carbocycles. The Hall–Kier alpha value is -0.850. The molecule has 0 radical (unpaired) electrons. The van der Waals surface area contributed by atoms with Gasteiger partial charge in [-0.1, -0.05) is 84.0 Å². The number of nitrogens with one attached hydrogen (secondary N) is 1. The molecule has 0 aromatic rings. The number of rotatable bonds is 25. The van der Waals surface area contributed by atoms with Gasteiger partial charge in [0, 0.05) is 5.41 Å². The average Bonchev–Trinajstić information content (AvgIpc) is 3.01. The van der Waals surface area contributed by atoms with Crippen LogP contribution in [0.5, 0.6) is 0 Å². The van der Waals surface area contributed by atoms with E-state index >= 15 is 0 Å². The van der Waals surface area contributed by atoms with Crippen LogP contribution in [0.25, 0.3) is 0 Å². The average molecular weight is 644 g/mol. The molecule has 1 amide bonds. The molecule has 4 bridgehead atoms. The second-order valence-corrected chi connectivity index (χ2v) is 14.8. The molecule has 0 saturated heterocycles. The van der Waals surface area contributed by atoms with Gasteiger partial charge in [-0.05, 0) is 69.6 Å². The highest BCUT2D eigenvalue weighted by molar-refractivity contribution is 5.83. The summed E-state index contributed by atoms with van der Waals surface area (Å²) in [5.41, 5.74) is -0.459. The molecular formula is C35H65NO9. The van der Waals surface area contributed by atoms with Crippen LogP contribution in [-0.4, -0.2) is 92.4 Å². The first-order chi connectivity index (χ1) is 21.6. The summed E-state index contributed by atoms with van der Waals surface area (Å²) >= 11 is 0. The van der Waals surface area contributed by atoms with Crippen LogP contribution in [0, 0.1) is 23.2 Å². The van der Waals surface area contributed by atoms with E-state index in [0.717, 1.165) is 38.5 Å². The van der Waals surface area contributed by atoms with Crippen LogP contribution in [0.15, 0.2) is 0 Å². The highest BCUT2D eigenvalue weighted by atomic mass is 17.2. The van der Waals surface area contributed by atoms with E-state index in [0.29, 0.717) is 24.2 Å². The summed E-state index contributed by atoms with van der Waals surface area (Å²) in [5, 5.41) is 64.6. The lowest BCUT2D eigenvalue weighted by Gasteiger charge is -2.56. The molecule has 0 aromatic carbocycles. The fraction of sp³-hybridized carbons (Fsp3) is 0.971.